The van der Waals surface area contributed by atoms with E-state index in [1.165, 1.54) is 0 Å². The Hall–Kier alpha value is -1.49. The Morgan fingerprint density at radius 1 is 1.31 bits per heavy atom. The van der Waals surface area contributed by atoms with Gasteiger partial charge >= 0.3 is 0 Å². The van der Waals surface area contributed by atoms with Crippen LogP contribution < -0.4 is 4.90 Å². The summed E-state index contributed by atoms with van der Waals surface area (Å²) in [6.07, 6.45) is 1.14. The average molecular weight is 216 g/mol. The summed E-state index contributed by atoms with van der Waals surface area (Å²) in [6.45, 7) is 7.74. The number of anilines is 1. The van der Waals surface area contributed by atoms with Gasteiger partial charge in [-0.3, -0.25) is 0 Å². The van der Waals surface area contributed by atoms with E-state index in [0.717, 1.165) is 24.2 Å². The third-order valence-electron chi connectivity index (χ3n) is 2.61. The maximum atomic E-state index is 8.83. The minimum atomic E-state index is 0.348. The van der Waals surface area contributed by atoms with Crippen LogP contribution in [0.5, 0.6) is 0 Å². The molecule has 0 aliphatic carbocycles. The summed E-state index contributed by atoms with van der Waals surface area (Å²) < 4.78 is 0. The number of hydrogen-bond donors (Lipinski definition) is 0. The Morgan fingerprint density at radius 2 is 2.00 bits per heavy atom. The number of nitriles is 1. The number of nitrogens with zero attached hydrogens (tertiary/aromatic N) is 2. The van der Waals surface area contributed by atoms with Crippen LogP contribution in [-0.4, -0.2) is 13.6 Å². The van der Waals surface area contributed by atoms with Crippen molar-refractivity contribution in [2.75, 3.05) is 18.5 Å². The second-order valence-corrected chi connectivity index (χ2v) is 5.39. The Morgan fingerprint density at radius 3 is 2.56 bits per heavy atom. The first kappa shape index (κ1) is 12.6. The van der Waals surface area contributed by atoms with Crippen LogP contribution in [0.25, 0.3) is 0 Å². The van der Waals surface area contributed by atoms with Crippen LogP contribution in [-0.2, 0) is 0 Å². The maximum Gasteiger partial charge on any atom is 0.0992 e. The highest BCUT2D eigenvalue weighted by Crippen LogP contribution is 2.21. The van der Waals surface area contributed by atoms with Crippen molar-refractivity contribution in [3.05, 3.63) is 29.8 Å². The van der Waals surface area contributed by atoms with E-state index in [1.807, 2.05) is 24.3 Å². The summed E-state index contributed by atoms with van der Waals surface area (Å²) in [5, 5.41) is 8.83. The first-order valence-electron chi connectivity index (χ1n) is 5.64. The third kappa shape index (κ3) is 3.94. The predicted octanol–water partition coefficient (Wildman–Crippen LogP) is 3.43. The van der Waals surface area contributed by atoms with Gasteiger partial charge in [0, 0.05) is 19.3 Å². The summed E-state index contributed by atoms with van der Waals surface area (Å²) in [7, 11) is 2.07. The Kier molecular flexibility index (Phi) is 3.95. The highest BCUT2D eigenvalue weighted by molar-refractivity contribution is 5.50. The molecule has 0 aliphatic heterocycles. The van der Waals surface area contributed by atoms with Crippen molar-refractivity contribution in [3.8, 4) is 6.07 Å². The van der Waals surface area contributed by atoms with Crippen molar-refractivity contribution in [1.82, 2.24) is 0 Å². The van der Waals surface area contributed by atoms with Crippen molar-refractivity contribution < 1.29 is 0 Å². The standard InChI is InChI=1S/C14H20N2/c1-14(2,3)8-9-16(4)13-7-5-6-12(10-13)11-15/h5-7,10H,8-9H2,1-4H3. The second-order valence-electron chi connectivity index (χ2n) is 5.39. The van der Waals surface area contributed by atoms with Crippen molar-refractivity contribution in [2.45, 2.75) is 27.2 Å². The molecular formula is C14H20N2. The summed E-state index contributed by atoms with van der Waals surface area (Å²) in [5.41, 5.74) is 2.18. The minimum Gasteiger partial charge on any atom is -0.375 e. The van der Waals surface area contributed by atoms with E-state index in [9.17, 15) is 0 Å². The van der Waals surface area contributed by atoms with E-state index in [0.29, 0.717) is 5.41 Å². The van der Waals surface area contributed by atoms with Gasteiger partial charge in [0.05, 0.1) is 11.6 Å². The molecule has 0 N–H and O–H groups in total. The number of rotatable bonds is 3. The summed E-state index contributed by atoms with van der Waals surface area (Å²) in [5.74, 6) is 0. The fraction of sp³-hybridized carbons (Fsp3) is 0.500. The lowest BCUT2D eigenvalue weighted by Gasteiger charge is -2.25. The molecule has 0 unspecified atom stereocenters. The van der Waals surface area contributed by atoms with Crippen LogP contribution in [0.4, 0.5) is 5.69 Å². The maximum absolute atomic E-state index is 8.83. The fourth-order valence-corrected chi connectivity index (χ4v) is 1.45. The predicted molar refractivity (Wildman–Crippen MR) is 68.5 cm³/mol. The van der Waals surface area contributed by atoms with Gasteiger partial charge in [-0.05, 0) is 30.0 Å². The molecule has 0 aliphatic rings. The highest BCUT2D eigenvalue weighted by Gasteiger charge is 2.11. The molecule has 1 aromatic rings. The zero-order valence-electron chi connectivity index (χ0n) is 10.6. The highest BCUT2D eigenvalue weighted by atomic mass is 15.1. The number of benzene rings is 1. The van der Waals surface area contributed by atoms with Gasteiger partial charge in [-0.2, -0.15) is 5.26 Å². The monoisotopic (exact) mass is 216 g/mol. The lowest BCUT2D eigenvalue weighted by atomic mass is 9.92. The fourth-order valence-electron chi connectivity index (χ4n) is 1.45. The molecule has 0 heterocycles. The van der Waals surface area contributed by atoms with Crippen molar-refractivity contribution >= 4 is 5.69 Å². The molecule has 1 rings (SSSR count). The summed E-state index contributed by atoms with van der Waals surface area (Å²) in [6, 6.07) is 9.91. The van der Waals surface area contributed by atoms with Crippen LogP contribution in [0.1, 0.15) is 32.8 Å². The first-order valence-corrected chi connectivity index (χ1v) is 5.64. The molecule has 0 aromatic heterocycles. The smallest absolute Gasteiger partial charge is 0.0992 e. The molecular weight excluding hydrogens is 196 g/mol. The first-order chi connectivity index (χ1) is 7.42. The van der Waals surface area contributed by atoms with Crippen LogP contribution in [0.2, 0.25) is 0 Å². The van der Waals surface area contributed by atoms with Gasteiger partial charge in [0.15, 0.2) is 0 Å². The van der Waals surface area contributed by atoms with Crippen molar-refractivity contribution in [2.24, 2.45) is 5.41 Å². The SMILES string of the molecule is CN(CCC(C)(C)C)c1cccc(C#N)c1. The van der Waals surface area contributed by atoms with Crippen molar-refractivity contribution in [3.63, 3.8) is 0 Å². The molecule has 0 radical (unpaired) electrons. The van der Waals surface area contributed by atoms with E-state index < -0.39 is 0 Å². The average Bonchev–Trinajstić information content (AvgIpc) is 2.25. The summed E-state index contributed by atoms with van der Waals surface area (Å²) >= 11 is 0. The zero-order chi connectivity index (χ0) is 12.2. The van der Waals surface area contributed by atoms with Crippen LogP contribution in [0, 0.1) is 16.7 Å². The molecule has 1 aromatic carbocycles. The van der Waals surface area contributed by atoms with Gasteiger partial charge < -0.3 is 4.90 Å². The molecule has 0 saturated heterocycles. The molecule has 0 amide bonds. The largest absolute Gasteiger partial charge is 0.375 e. The van der Waals surface area contributed by atoms with Crippen LogP contribution in [0.15, 0.2) is 24.3 Å². The lowest BCUT2D eigenvalue weighted by molar-refractivity contribution is 0.381. The molecule has 0 bridgehead atoms. The van der Waals surface area contributed by atoms with Crippen LogP contribution in [0.3, 0.4) is 0 Å². The Balaban J connectivity index is 2.66. The van der Waals surface area contributed by atoms with E-state index in [1.54, 1.807) is 0 Å². The molecule has 16 heavy (non-hydrogen) atoms. The molecule has 0 fully saturated rings. The number of hydrogen-bond acceptors (Lipinski definition) is 2. The van der Waals surface area contributed by atoms with Gasteiger partial charge in [0.2, 0.25) is 0 Å². The molecule has 0 saturated carbocycles. The zero-order valence-corrected chi connectivity index (χ0v) is 10.6. The molecule has 0 spiro atoms. The van der Waals surface area contributed by atoms with E-state index in [2.05, 4.69) is 38.8 Å². The third-order valence-corrected chi connectivity index (χ3v) is 2.61. The van der Waals surface area contributed by atoms with Gasteiger partial charge in [0.25, 0.3) is 0 Å². The van der Waals surface area contributed by atoms with Crippen LogP contribution >= 0.6 is 0 Å². The Labute approximate surface area is 98.5 Å². The molecule has 2 heteroatoms. The van der Waals surface area contributed by atoms with Gasteiger partial charge in [-0.1, -0.05) is 26.8 Å². The topological polar surface area (TPSA) is 27.0 Å². The van der Waals surface area contributed by atoms with Crippen molar-refractivity contribution in [1.29, 1.82) is 5.26 Å². The lowest BCUT2D eigenvalue weighted by Crippen LogP contribution is -2.23. The molecule has 0 atom stereocenters. The second kappa shape index (κ2) is 5.03. The Bertz CT molecular complexity index is 382. The summed E-state index contributed by atoms with van der Waals surface area (Å²) in [4.78, 5) is 2.20. The molecule has 2 nitrogen and oxygen atoms in total. The normalized spacial score (nSPS) is 10.9. The van der Waals surface area contributed by atoms with E-state index >= 15 is 0 Å². The van der Waals surface area contributed by atoms with Gasteiger partial charge in [-0.15, -0.1) is 0 Å². The van der Waals surface area contributed by atoms with E-state index in [-0.39, 0.29) is 0 Å². The quantitative estimate of drug-likeness (QED) is 0.774. The van der Waals surface area contributed by atoms with E-state index in [4.69, 9.17) is 5.26 Å². The minimum absolute atomic E-state index is 0.348. The van der Waals surface area contributed by atoms with Gasteiger partial charge in [0.1, 0.15) is 0 Å². The molecule has 86 valence electrons. The van der Waals surface area contributed by atoms with Gasteiger partial charge in [-0.25, -0.2) is 0 Å².